The number of benzene rings is 1. The van der Waals surface area contributed by atoms with E-state index in [1.54, 1.807) is 7.11 Å². The number of hydroxylamine groups is 1. The van der Waals surface area contributed by atoms with Crippen molar-refractivity contribution in [1.29, 1.82) is 0 Å². The fourth-order valence-electron chi connectivity index (χ4n) is 5.50. The third-order valence-corrected chi connectivity index (χ3v) is 7.84. The van der Waals surface area contributed by atoms with Crippen LogP contribution in [0.15, 0.2) is 55.5 Å². The van der Waals surface area contributed by atoms with E-state index in [4.69, 9.17) is 9.57 Å². The topological polar surface area (TPSA) is 108 Å². The van der Waals surface area contributed by atoms with Crippen LogP contribution in [0.4, 0.5) is 28.7 Å². The second-order valence-electron chi connectivity index (χ2n) is 10.6. The van der Waals surface area contributed by atoms with Crippen molar-refractivity contribution >= 4 is 34.6 Å². The molecule has 214 valence electrons. The minimum atomic E-state index is -0.272. The fraction of sp³-hybridized carbons (Fsp3) is 0.400. The van der Waals surface area contributed by atoms with Crippen LogP contribution in [-0.2, 0) is 9.63 Å². The molecule has 0 bridgehead atoms. The Balaban J connectivity index is 1.26. The van der Waals surface area contributed by atoms with Crippen molar-refractivity contribution in [3.05, 3.63) is 66.8 Å². The number of aryl methyl sites for hydroxylation is 1. The summed E-state index contributed by atoms with van der Waals surface area (Å²) in [5.74, 6) is 1.57. The molecule has 1 atom stereocenters. The van der Waals surface area contributed by atoms with Gasteiger partial charge in [0.05, 0.1) is 36.8 Å². The number of nitrogens with zero attached hydrogens (tertiary/aromatic N) is 6. The molecule has 3 aromatic rings. The number of rotatable bonds is 9. The molecule has 11 nitrogen and oxygen atoms in total. The van der Waals surface area contributed by atoms with E-state index >= 15 is 0 Å². The smallest absolute Gasteiger partial charge is 0.247 e. The number of methoxy groups -OCH3 is 1. The van der Waals surface area contributed by atoms with E-state index in [0.717, 1.165) is 55.6 Å². The summed E-state index contributed by atoms with van der Waals surface area (Å²) in [7, 11) is 1.64. The summed E-state index contributed by atoms with van der Waals surface area (Å²) >= 11 is 0. The number of amides is 1. The van der Waals surface area contributed by atoms with Crippen LogP contribution in [0.1, 0.15) is 36.6 Å². The molecule has 2 aliphatic heterocycles. The zero-order valence-corrected chi connectivity index (χ0v) is 23.5. The Morgan fingerprint density at radius 1 is 1.07 bits per heavy atom. The van der Waals surface area contributed by atoms with Crippen molar-refractivity contribution in [2.75, 3.05) is 60.5 Å². The maximum atomic E-state index is 12.4. The minimum Gasteiger partial charge on any atom is -0.494 e. The molecule has 1 amide bonds. The van der Waals surface area contributed by atoms with Crippen molar-refractivity contribution in [1.82, 2.24) is 19.9 Å². The number of anilines is 5. The lowest BCUT2D eigenvalue weighted by molar-refractivity contribution is -0.111. The number of ether oxygens (including phenoxy) is 1. The van der Waals surface area contributed by atoms with Crippen molar-refractivity contribution in [2.45, 2.75) is 38.3 Å². The Morgan fingerprint density at radius 2 is 1.90 bits per heavy atom. The molecule has 3 fully saturated rings. The van der Waals surface area contributed by atoms with Gasteiger partial charge in [0.1, 0.15) is 17.9 Å². The number of carbonyl (C=O) groups is 1. The Kier molecular flexibility index (Phi) is 7.71. The van der Waals surface area contributed by atoms with Gasteiger partial charge in [-0.05, 0) is 43.5 Å². The van der Waals surface area contributed by atoms with Gasteiger partial charge in [-0.15, -0.1) is 0 Å². The van der Waals surface area contributed by atoms with Crippen LogP contribution in [0.25, 0.3) is 0 Å². The molecule has 2 N–H and O–H groups in total. The van der Waals surface area contributed by atoms with Gasteiger partial charge >= 0.3 is 0 Å². The molecular weight excluding hydrogens is 520 g/mol. The highest BCUT2D eigenvalue weighted by atomic mass is 16.7. The first-order valence-corrected chi connectivity index (χ1v) is 14.1. The van der Waals surface area contributed by atoms with E-state index in [-0.39, 0.29) is 11.9 Å². The number of pyridine rings is 1. The number of carbonyl (C=O) groups excluding carboxylic acids is 1. The van der Waals surface area contributed by atoms with Gasteiger partial charge in [0.2, 0.25) is 5.91 Å². The van der Waals surface area contributed by atoms with Gasteiger partial charge in [0, 0.05) is 62.7 Å². The zero-order chi connectivity index (χ0) is 28.3. The normalized spacial score (nSPS) is 19.2. The number of nitrogens with one attached hydrogen (secondary N) is 2. The molecule has 2 saturated heterocycles. The first-order valence-electron chi connectivity index (χ1n) is 14.1. The molecular formula is C30H36N8O3. The van der Waals surface area contributed by atoms with E-state index in [0.29, 0.717) is 35.4 Å². The number of hydrogen-bond acceptors (Lipinski definition) is 10. The van der Waals surface area contributed by atoms with Crippen LogP contribution in [0.2, 0.25) is 0 Å². The largest absolute Gasteiger partial charge is 0.494 e. The maximum absolute atomic E-state index is 12.4. The predicted molar refractivity (Wildman–Crippen MR) is 159 cm³/mol. The Bertz CT molecular complexity index is 1400. The molecule has 1 aromatic carbocycles. The van der Waals surface area contributed by atoms with E-state index in [1.165, 1.54) is 25.2 Å². The lowest BCUT2D eigenvalue weighted by Gasteiger charge is -2.37. The molecule has 1 aliphatic carbocycles. The summed E-state index contributed by atoms with van der Waals surface area (Å²) in [6.07, 6.45) is 8.09. The molecule has 3 aliphatic rings. The lowest BCUT2D eigenvalue weighted by Crippen LogP contribution is -2.47. The summed E-state index contributed by atoms with van der Waals surface area (Å²) in [5, 5.41) is 8.17. The van der Waals surface area contributed by atoms with E-state index in [1.807, 2.05) is 42.4 Å². The van der Waals surface area contributed by atoms with E-state index < -0.39 is 0 Å². The van der Waals surface area contributed by atoms with Gasteiger partial charge in [-0.1, -0.05) is 12.6 Å². The highest BCUT2D eigenvalue weighted by Gasteiger charge is 2.32. The van der Waals surface area contributed by atoms with Crippen LogP contribution in [0, 0.1) is 6.92 Å². The number of aromatic nitrogens is 3. The van der Waals surface area contributed by atoms with Gasteiger partial charge < -0.3 is 20.3 Å². The third kappa shape index (κ3) is 5.96. The van der Waals surface area contributed by atoms with Gasteiger partial charge in [0.15, 0.2) is 5.82 Å². The number of hydrogen-bond donors (Lipinski definition) is 2. The summed E-state index contributed by atoms with van der Waals surface area (Å²) in [6, 6.07) is 10.5. The van der Waals surface area contributed by atoms with Crippen molar-refractivity contribution < 1.29 is 14.4 Å². The lowest BCUT2D eigenvalue weighted by atomic mass is 10.1. The first kappa shape index (κ1) is 27.0. The molecule has 0 spiro atoms. The quantitative estimate of drug-likeness (QED) is 0.372. The van der Waals surface area contributed by atoms with Crippen molar-refractivity contribution in [3.8, 4) is 5.75 Å². The SMILES string of the molecule is C=CC(=O)Nc1cc(Nc2cc(N3OCC[C@@H]3c3ccc(C)nc3)ncn2)c(OC)cc1N1CCN(C2CC2)CC1. The predicted octanol–water partition coefficient (Wildman–Crippen LogP) is 4.22. The van der Waals surface area contributed by atoms with Gasteiger partial charge in [-0.25, -0.2) is 15.0 Å². The molecule has 6 rings (SSSR count). The number of piperazine rings is 1. The Hall–Kier alpha value is -4.22. The molecule has 2 aromatic heterocycles. The summed E-state index contributed by atoms with van der Waals surface area (Å²) in [5.41, 5.74) is 4.30. The first-order chi connectivity index (χ1) is 20.0. The highest BCUT2D eigenvalue weighted by molar-refractivity contribution is 6.02. The Labute approximate surface area is 240 Å². The summed E-state index contributed by atoms with van der Waals surface area (Å²) in [6.45, 7) is 9.96. The van der Waals surface area contributed by atoms with Crippen LogP contribution < -0.4 is 25.3 Å². The van der Waals surface area contributed by atoms with Crippen LogP contribution in [-0.4, -0.2) is 71.7 Å². The average Bonchev–Trinajstić information content (AvgIpc) is 3.74. The molecule has 41 heavy (non-hydrogen) atoms. The average molecular weight is 557 g/mol. The second kappa shape index (κ2) is 11.7. The molecule has 0 unspecified atom stereocenters. The maximum Gasteiger partial charge on any atom is 0.247 e. The van der Waals surface area contributed by atoms with Crippen LogP contribution in [0.5, 0.6) is 5.75 Å². The van der Waals surface area contributed by atoms with Crippen molar-refractivity contribution in [3.63, 3.8) is 0 Å². The summed E-state index contributed by atoms with van der Waals surface area (Å²) < 4.78 is 5.80. The molecule has 1 saturated carbocycles. The van der Waals surface area contributed by atoms with E-state index in [9.17, 15) is 4.79 Å². The fourth-order valence-corrected chi connectivity index (χ4v) is 5.50. The molecule has 4 heterocycles. The summed E-state index contributed by atoms with van der Waals surface area (Å²) in [4.78, 5) is 36.6. The molecule has 0 radical (unpaired) electrons. The Morgan fingerprint density at radius 3 is 2.61 bits per heavy atom. The highest BCUT2D eigenvalue weighted by Crippen LogP contribution is 2.40. The van der Waals surface area contributed by atoms with Gasteiger partial charge in [0.25, 0.3) is 0 Å². The van der Waals surface area contributed by atoms with Crippen LogP contribution >= 0.6 is 0 Å². The molecule has 11 heteroatoms. The monoisotopic (exact) mass is 556 g/mol. The standard InChI is InChI=1S/C30H36N8O3/c1-4-30(39)35-23-15-24(27(40-3)16-26(23)37-12-10-36(11-13-37)22-7-8-22)34-28-17-29(33-19-32-28)38-25(9-14-41-38)21-6-5-20(2)31-18-21/h4-6,15-19,22,25H,1,7-14H2,2-3H3,(H,35,39)(H,32,33,34)/t25-/m1/s1. The zero-order valence-electron chi connectivity index (χ0n) is 23.5. The van der Waals surface area contributed by atoms with Crippen molar-refractivity contribution in [2.24, 2.45) is 0 Å². The second-order valence-corrected chi connectivity index (χ2v) is 10.6. The van der Waals surface area contributed by atoms with Gasteiger partial charge in [-0.3, -0.25) is 19.5 Å². The van der Waals surface area contributed by atoms with Crippen LogP contribution in [0.3, 0.4) is 0 Å². The minimum absolute atomic E-state index is 0.000712. The third-order valence-electron chi connectivity index (χ3n) is 7.84. The van der Waals surface area contributed by atoms with E-state index in [2.05, 4.69) is 48.0 Å². The van der Waals surface area contributed by atoms with Gasteiger partial charge in [-0.2, -0.15) is 0 Å².